The van der Waals surface area contributed by atoms with Crippen molar-refractivity contribution in [3.63, 3.8) is 0 Å². The van der Waals surface area contributed by atoms with Gasteiger partial charge in [-0.05, 0) is 34.4 Å². The van der Waals surface area contributed by atoms with Gasteiger partial charge in [0.05, 0.1) is 12.5 Å². The molecule has 0 bridgehead atoms. The van der Waals surface area contributed by atoms with Crippen LogP contribution in [0.4, 0.5) is 0 Å². The largest absolute Gasteiger partial charge is 0.395 e. The van der Waals surface area contributed by atoms with Gasteiger partial charge in [0.25, 0.3) is 0 Å². The Hall–Kier alpha value is -2.53. The van der Waals surface area contributed by atoms with Crippen LogP contribution in [0.1, 0.15) is 34.1 Å². The van der Waals surface area contributed by atoms with E-state index in [9.17, 15) is 9.90 Å². The minimum atomic E-state index is -0.197. The van der Waals surface area contributed by atoms with Crippen LogP contribution in [0, 0.1) is 0 Å². The summed E-state index contributed by atoms with van der Waals surface area (Å²) in [4.78, 5) is 11.2. The monoisotopic (exact) mass is 550 g/mol. The van der Waals surface area contributed by atoms with Gasteiger partial charge in [-0.3, -0.25) is 0 Å². The maximum Gasteiger partial charge on any atom is 0.131 e. The fourth-order valence-corrected chi connectivity index (χ4v) is 4.64. The molecule has 4 aromatic rings. The molecule has 0 amide bonds. The SMILES string of the molecule is O=CC(c1ccccc1)c1ccccc1Br.OCC(c1ccccc1)c1ccccc1Br. The number of hydrogen-bond donors (Lipinski definition) is 1. The standard InChI is InChI=1S/C14H13BrO.C14H11BrO/c2*15-14-9-5-4-8-12(14)13(10-16)11-6-2-1-3-7-11/h1-9,13,16H,10H2;1-10,13H. The molecule has 0 heterocycles. The molecule has 0 aliphatic heterocycles. The van der Waals surface area contributed by atoms with E-state index in [2.05, 4.69) is 31.9 Å². The second-order valence-corrected chi connectivity index (χ2v) is 8.92. The first-order valence-electron chi connectivity index (χ1n) is 10.3. The van der Waals surface area contributed by atoms with Crippen molar-refractivity contribution in [1.82, 2.24) is 0 Å². The topological polar surface area (TPSA) is 37.3 Å². The Morgan fingerprint density at radius 1 is 0.625 bits per heavy atom. The molecule has 4 heteroatoms. The van der Waals surface area contributed by atoms with Crippen LogP contribution < -0.4 is 0 Å². The first kappa shape index (κ1) is 24.1. The highest BCUT2D eigenvalue weighted by atomic mass is 79.9. The molecule has 162 valence electrons. The lowest BCUT2D eigenvalue weighted by Gasteiger charge is -2.16. The smallest absolute Gasteiger partial charge is 0.131 e. The number of benzene rings is 4. The Morgan fingerprint density at radius 2 is 1.06 bits per heavy atom. The van der Waals surface area contributed by atoms with Gasteiger partial charge in [0, 0.05) is 14.9 Å². The number of hydrogen-bond acceptors (Lipinski definition) is 2. The quantitative estimate of drug-likeness (QED) is 0.254. The van der Waals surface area contributed by atoms with E-state index in [1.165, 1.54) is 0 Å². The molecular weight excluding hydrogens is 528 g/mol. The molecule has 2 nitrogen and oxygen atoms in total. The summed E-state index contributed by atoms with van der Waals surface area (Å²) in [5.74, 6) is -0.159. The van der Waals surface area contributed by atoms with Gasteiger partial charge in [-0.15, -0.1) is 0 Å². The molecule has 0 spiro atoms. The van der Waals surface area contributed by atoms with E-state index in [-0.39, 0.29) is 18.4 Å². The van der Waals surface area contributed by atoms with Gasteiger partial charge in [-0.25, -0.2) is 0 Å². The second-order valence-electron chi connectivity index (χ2n) is 7.21. The summed E-state index contributed by atoms with van der Waals surface area (Å²) >= 11 is 7.00. The van der Waals surface area contributed by atoms with Crippen LogP contribution in [-0.2, 0) is 4.79 Å². The van der Waals surface area contributed by atoms with Gasteiger partial charge >= 0.3 is 0 Å². The molecule has 2 unspecified atom stereocenters. The third-order valence-electron chi connectivity index (χ3n) is 5.20. The minimum absolute atomic E-state index is 0.0387. The van der Waals surface area contributed by atoms with Gasteiger partial charge in [-0.2, -0.15) is 0 Å². The molecule has 0 aromatic heterocycles. The Labute approximate surface area is 206 Å². The minimum Gasteiger partial charge on any atom is -0.395 e. The Bertz CT molecular complexity index is 1110. The molecule has 4 rings (SSSR count). The summed E-state index contributed by atoms with van der Waals surface area (Å²) in [6.07, 6.45) is 0.982. The lowest BCUT2D eigenvalue weighted by atomic mass is 9.92. The predicted molar refractivity (Wildman–Crippen MR) is 138 cm³/mol. The first-order chi connectivity index (χ1) is 15.7. The van der Waals surface area contributed by atoms with Gasteiger partial charge in [0.2, 0.25) is 0 Å². The predicted octanol–water partition coefficient (Wildman–Crippen LogP) is 7.35. The normalized spacial score (nSPS) is 12.2. The molecule has 0 fully saturated rings. The zero-order chi connectivity index (χ0) is 22.8. The zero-order valence-corrected chi connectivity index (χ0v) is 20.6. The number of carbonyl (C=O) groups excluding carboxylic acids is 1. The highest BCUT2D eigenvalue weighted by Crippen LogP contribution is 2.30. The summed E-state index contributed by atoms with van der Waals surface area (Å²) in [6, 6.07) is 35.7. The maximum absolute atomic E-state index is 11.2. The van der Waals surface area contributed by atoms with Crippen molar-refractivity contribution in [3.8, 4) is 0 Å². The number of aliphatic hydroxyl groups is 1. The molecule has 0 saturated heterocycles. The summed E-state index contributed by atoms with van der Waals surface area (Å²) in [5, 5.41) is 9.54. The van der Waals surface area contributed by atoms with Crippen LogP contribution in [0.25, 0.3) is 0 Å². The molecule has 32 heavy (non-hydrogen) atoms. The van der Waals surface area contributed by atoms with Crippen molar-refractivity contribution in [2.24, 2.45) is 0 Å². The van der Waals surface area contributed by atoms with Crippen LogP contribution in [-0.4, -0.2) is 18.0 Å². The highest BCUT2D eigenvalue weighted by molar-refractivity contribution is 9.10. The maximum atomic E-state index is 11.2. The summed E-state index contributed by atoms with van der Waals surface area (Å²) in [5.41, 5.74) is 4.28. The molecule has 0 aliphatic rings. The zero-order valence-electron chi connectivity index (χ0n) is 17.4. The average molecular weight is 552 g/mol. The van der Waals surface area contributed by atoms with Crippen molar-refractivity contribution >= 4 is 38.1 Å². The van der Waals surface area contributed by atoms with Crippen LogP contribution in [0.3, 0.4) is 0 Å². The van der Waals surface area contributed by atoms with Gasteiger partial charge in [-0.1, -0.05) is 129 Å². The van der Waals surface area contributed by atoms with Crippen molar-refractivity contribution in [2.45, 2.75) is 11.8 Å². The van der Waals surface area contributed by atoms with E-state index in [1.54, 1.807) is 0 Å². The Kier molecular flexibility index (Phi) is 9.42. The number of carbonyl (C=O) groups is 1. The van der Waals surface area contributed by atoms with Crippen LogP contribution >= 0.6 is 31.9 Å². The number of rotatable bonds is 6. The third-order valence-corrected chi connectivity index (χ3v) is 6.64. The lowest BCUT2D eigenvalue weighted by molar-refractivity contribution is -0.108. The van der Waals surface area contributed by atoms with Gasteiger partial charge < -0.3 is 9.90 Å². The summed E-state index contributed by atoms with van der Waals surface area (Å²) < 4.78 is 2.01. The van der Waals surface area contributed by atoms with Crippen molar-refractivity contribution in [3.05, 3.63) is 140 Å². The van der Waals surface area contributed by atoms with E-state index in [4.69, 9.17) is 0 Å². The molecule has 0 aliphatic carbocycles. The molecule has 0 saturated carbocycles. The van der Waals surface area contributed by atoms with Gasteiger partial charge in [0.15, 0.2) is 0 Å². The molecular formula is C28H24Br2O2. The van der Waals surface area contributed by atoms with Crippen LogP contribution in [0.2, 0.25) is 0 Å². The number of aliphatic hydroxyl groups excluding tert-OH is 1. The van der Waals surface area contributed by atoms with E-state index in [0.717, 1.165) is 37.5 Å². The lowest BCUT2D eigenvalue weighted by Crippen LogP contribution is -2.06. The van der Waals surface area contributed by atoms with Crippen molar-refractivity contribution < 1.29 is 9.90 Å². The molecule has 1 N–H and O–H groups in total. The van der Waals surface area contributed by atoms with Crippen molar-refractivity contribution in [2.75, 3.05) is 6.61 Å². The van der Waals surface area contributed by atoms with Crippen LogP contribution in [0.15, 0.2) is 118 Å². The molecule has 4 aromatic carbocycles. The molecule has 0 radical (unpaired) electrons. The Balaban J connectivity index is 0.000000181. The Morgan fingerprint density at radius 3 is 1.53 bits per heavy atom. The average Bonchev–Trinajstić information content (AvgIpc) is 2.84. The third kappa shape index (κ3) is 6.26. The van der Waals surface area contributed by atoms with Crippen molar-refractivity contribution in [1.29, 1.82) is 0 Å². The molecule has 2 atom stereocenters. The van der Waals surface area contributed by atoms with E-state index in [1.807, 2.05) is 109 Å². The van der Waals surface area contributed by atoms with E-state index >= 15 is 0 Å². The summed E-state index contributed by atoms with van der Waals surface area (Å²) in [7, 11) is 0. The van der Waals surface area contributed by atoms with E-state index < -0.39 is 0 Å². The van der Waals surface area contributed by atoms with Gasteiger partial charge in [0.1, 0.15) is 6.29 Å². The number of aldehydes is 1. The highest BCUT2D eigenvalue weighted by Gasteiger charge is 2.15. The van der Waals surface area contributed by atoms with E-state index in [0.29, 0.717) is 0 Å². The van der Waals surface area contributed by atoms with Crippen LogP contribution in [0.5, 0.6) is 0 Å². The number of halogens is 2. The first-order valence-corrected chi connectivity index (χ1v) is 11.9. The fraction of sp³-hybridized carbons (Fsp3) is 0.107. The fourth-order valence-electron chi connectivity index (χ4n) is 3.55. The summed E-state index contributed by atoms with van der Waals surface area (Å²) in [6.45, 7) is 0.118. The second kappa shape index (κ2) is 12.5.